The second-order valence-electron chi connectivity index (χ2n) is 5.85. The molecule has 0 atom stereocenters. The predicted octanol–water partition coefficient (Wildman–Crippen LogP) is 5.53. The van der Waals surface area contributed by atoms with Gasteiger partial charge in [0.05, 0.1) is 5.70 Å². The first kappa shape index (κ1) is 22.8. The van der Waals surface area contributed by atoms with Crippen LogP contribution in [0.5, 0.6) is 0 Å². The minimum atomic E-state index is -0.206. The van der Waals surface area contributed by atoms with Crippen molar-refractivity contribution in [3.63, 3.8) is 0 Å². The van der Waals surface area contributed by atoms with Crippen molar-refractivity contribution in [2.75, 3.05) is 0 Å². The number of nitrogens with one attached hydrogen (secondary N) is 1. The fourth-order valence-corrected chi connectivity index (χ4v) is 2.69. The van der Waals surface area contributed by atoms with E-state index in [1.165, 1.54) is 6.08 Å². The Morgan fingerprint density at radius 2 is 1.86 bits per heavy atom. The van der Waals surface area contributed by atoms with Gasteiger partial charge in [-0.2, -0.15) is 0 Å². The Hall–Kier alpha value is -3.21. The van der Waals surface area contributed by atoms with Crippen LogP contribution in [0.15, 0.2) is 114 Å². The molecule has 0 saturated carbocycles. The molecule has 0 aromatic heterocycles. The van der Waals surface area contributed by atoms with Gasteiger partial charge in [0.25, 0.3) is 0 Å². The molecule has 4 nitrogen and oxygen atoms in total. The van der Waals surface area contributed by atoms with Crippen molar-refractivity contribution in [2.24, 2.45) is 4.99 Å². The number of aliphatic imine (C=N–C) groups is 1. The summed E-state index contributed by atoms with van der Waals surface area (Å²) in [6, 6.07) is 0. The van der Waals surface area contributed by atoms with Gasteiger partial charge in [0.2, 0.25) is 0 Å². The van der Waals surface area contributed by atoms with E-state index in [-0.39, 0.29) is 12.7 Å². The zero-order valence-electron chi connectivity index (χ0n) is 17.3. The highest BCUT2D eigenvalue weighted by molar-refractivity contribution is 6.69. The lowest BCUT2D eigenvalue weighted by Gasteiger charge is -2.25. The Morgan fingerprint density at radius 1 is 1.11 bits per heavy atom. The van der Waals surface area contributed by atoms with Gasteiger partial charge in [0.15, 0.2) is 0 Å². The Morgan fingerprint density at radius 3 is 2.39 bits per heavy atom. The summed E-state index contributed by atoms with van der Waals surface area (Å²) in [5.41, 5.74) is 2.69. The number of nitrogens with zero attached hydrogens (tertiary/aromatic N) is 2. The van der Waals surface area contributed by atoms with Crippen molar-refractivity contribution in [3.8, 4) is 0 Å². The summed E-state index contributed by atoms with van der Waals surface area (Å²) in [6.45, 7) is 15.1. The van der Waals surface area contributed by atoms with E-state index in [1.807, 2.05) is 69.0 Å². The first-order chi connectivity index (χ1) is 13.6. The van der Waals surface area contributed by atoms with Crippen LogP contribution in [-0.2, 0) is 0 Å². The molecule has 0 unspecified atom stereocenters. The van der Waals surface area contributed by atoms with Crippen LogP contribution in [0.1, 0.15) is 27.7 Å². The average Bonchev–Trinajstić information content (AvgIpc) is 3.07. The maximum Gasteiger partial charge on any atom is 0.414 e. The molecule has 0 spiro atoms. The van der Waals surface area contributed by atoms with Gasteiger partial charge in [-0.3, -0.25) is 0 Å². The Kier molecular flexibility index (Phi) is 9.97. The number of aliphatic hydroxyl groups excluding tert-OH is 1. The van der Waals surface area contributed by atoms with Crippen LogP contribution < -0.4 is 5.23 Å². The van der Waals surface area contributed by atoms with Gasteiger partial charge in [-0.1, -0.05) is 61.8 Å². The van der Waals surface area contributed by atoms with Crippen LogP contribution in [0.25, 0.3) is 0 Å². The second-order valence-corrected chi connectivity index (χ2v) is 5.85. The fourth-order valence-electron chi connectivity index (χ4n) is 2.69. The highest BCUT2D eigenvalue weighted by Crippen LogP contribution is 2.25. The third kappa shape index (κ3) is 5.91. The largest absolute Gasteiger partial charge is 0.508 e. The number of amidine groups is 1. The molecule has 0 aliphatic carbocycles. The molecule has 1 fully saturated rings. The van der Waals surface area contributed by atoms with Crippen LogP contribution in [0.3, 0.4) is 0 Å². The molecule has 0 aromatic carbocycles. The van der Waals surface area contributed by atoms with Crippen molar-refractivity contribution in [3.05, 3.63) is 109 Å². The average molecular weight is 375 g/mol. The normalized spacial score (nSPS) is 19.6. The summed E-state index contributed by atoms with van der Waals surface area (Å²) < 4.78 is 0. The molecule has 1 aliphatic heterocycles. The molecule has 1 saturated heterocycles. The third-order valence-corrected chi connectivity index (χ3v) is 3.88. The summed E-state index contributed by atoms with van der Waals surface area (Å²) in [5, 5.41) is 13.6. The van der Waals surface area contributed by atoms with Crippen molar-refractivity contribution >= 4 is 12.8 Å². The molecule has 1 rings (SSSR count). The van der Waals surface area contributed by atoms with Crippen molar-refractivity contribution in [1.29, 1.82) is 0 Å². The van der Waals surface area contributed by atoms with E-state index in [1.54, 1.807) is 18.4 Å². The SMILES string of the molecule is C=C/C=C(\C=C(\O)C=C)N1B(C(/C=C\C)=C/C=C\C)NC(=C/C)/C1=N\C=C/C. The van der Waals surface area contributed by atoms with E-state index in [9.17, 15) is 5.11 Å². The Bertz CT molecular complexity index is 808. The monoisotopic (exact) mass is 375 g/mol. The first-order valence-corrected chi connectivity index (χ1v) is 9.30. The molecule has 2 N–H and O–H groups in total. The lowest BCUT2D eigenvalue weighted by molar-refractivity contribution is 0.431. The van der Waals surface area contributed by atoms with E-state index in [4.69, 9.17) is 0 Å². The third-order valence-electron chi connectivity index (χ3n) is 3.88. The molecule has 0 radical (unpaired) electrons. The maximum absolute atomic E-state index is 10.1. The van der Waals surface area contributed by atoms with E-state index in [2.05, 4.69) is 35.5 Å². The number of hydrogen-bond acceptors (Lipinski definition) is 3. The van der Waals surface area contributed by atoms with Gasteiger partial charge in [-0.25, -0.2) is 4.99 Å². The standard InChI is InChI=1S/C23H30BN3O/c1-7-13-16-19(14-8-2)24-26-22(12-6)23(25-17-10-4)27(24)20(15-9-3)18-21(28)11-5/h7-18,26,28H,3,5H2,1-2,4,6H3/b13-7-,14-8-,17-10-,19-16+,20-15+,21-18+,22-12+,25-23+. The van der Waals surface area contributed by atoms with Crippen LogP contribution in [-0.4, -0.2) is 22.7 Å². The zero-order valence-corrected chi connectivity index (χ0v) is 17.3. The highest BCUT2D eigenvalue weighted by Gasteiger charge is 2.40. The molecular weight excluding hydrogens is 345 g/mol. The van der Waals surface area contributed by atoms with E-state index >= 15 is 0 Å². The number of aliphatic hydroxyl groups is 1. The predicted molar refractivity (Wildman–Crippen MR) is 124 cm³/mol. The van der Waals surface area contributed by atoms with Crippen LogP contribution >= 0.6 is 0 Å². The Labute approximate surface area is 169 Å². The molecule has 1 aliphatic rings. The van der Waals surface area contributed by atoms with E-state index in [0.717, 1.165) is 22.7 Å². The number of rotatable bonds is 8. The fraction of sp³-hybridized carbons (Fsp3) is 0.174. The molecule has 28 heavy (non-hydrogen) atoms. The summed E-state index contributed by atoms with van der Waals surface area (Å²) in [4.78, 5) is 6.67. The lowest BCUT2D eigenvalue weighted by Crippen LogP contribution is -2.43. The lowest BCUT2D eigenvalue weighted by atomic mass is 9.65. The molecule has 0 aromatic rings. The highest BCUT2D eigenvalue weighted by atomic mass is 16.3. The van der Waals surface area contributed by atoms with Crippen molar-refractivity contribution in [2.45, 2.75) is 27.7 Å². The summed E-state index contributed by atoms with van der Waals surface area (Å²) in [6.07, 6.45) is 22.3. The molecule has 0 bridgehead atoms. The van der Waals surface area contributed by atoms with Crippen molar-refractivity contribution in [1.82, 2.24) is 10.0 Å². The summed E-state index contributed by atoms with van der Waals surface area (Å²) in [5.74, 6) is 0.818. The van der Waals surface area contributed by atoms with Gasteiger partial charge < -0.3 is 15.1 Å². The molecule has 1 heterocycles. The number of allylic oxidation sites excluding steroid dienone is 12. The summed E-state index contributed by atoms with van der Waals surface area (Å²) in [7, 11) is 0. The van der Waals surface area contributed by atoms with Gasteiger partial charge in [0.1, 0.15) is 11.6 Å². The Balaban J connectivity index is 3.74. The quantitative estimate of drug-likeness (QED) is 0.333. The van der Waals surface area contributed by atoms with Gasteiger partial charge in [0, 0.05) is 18.0 Å². The minimum Gasteiger partial charge on any atom is -0.508 e. The van der Waals surface area contributed by atoms with Gasteiger partial charge in [-0.05, 0) is 45.3 Å². The topological polar surface area (TPSA) is 47.9 Å². The summed E-state index contributed by atoms with van der Waals surface area (Å²) >= 11 is 0. The zero-order chi connectivity index (χ0) is 20.9. The number of hydrogen-bond donors (Lipinski definition) is 2. The van der Waals surface area contributed by atoms with Crippen LogP contribution in [0.2, 0.25) is 0 Å². The maximum atomic E-state index is 10.1. The van der Waals surface area contributed by atoms with Crippen LogP contribution in [0.4, 0.5) is 0 Å². The second kappa shape index (κ2) is 12.2. The molecule has 0 amide bonds. The van der Waals surface area contributed by atoms with E-state index < -0.39 is 0 Å². The first-order valence-electron chi connectivity index (χ1n) is 9.30. The van der Waals surface area contributed by atoms with Gasteiger partial charge >= 0.3 is 6.98 Å². The van der Waals surface area contributed by atoms with Gasteiger partial charge in [-0.15, -0.1) is 0 Å². The smallest absolute Gasteiger partial charge is 0.414 e. The molecule has 146 valence electrons. The minimum absolute atomic E-state index is 0.0659. The molecule has 5 heteroatoms. The van der Waals surface area contributed by atoms with Crippen molar-refractivity contribution < 1.29 is 5.11 Å². The van der Waals surface area contributed by atoms with E-state index in [0.29, 0.717) is 0 Å². The molecular formula is C23H30BN3O. The van der Waals surface area contributed by atoms with Crippen LogP contribution in [0, 0.1) is 0 Å².